The molecule has 20 heavy (non-hydrogen) atoms. The van der Waals surface area contributed by atoms with E-state index in [1.54, 1.807) is 11.0 Å². The Hall–Kier alpha value is -1.94. The first kappa shape index (κ1) is 13.1. The number of hydrogen-bond acceptors (Lipinski definition) is 2. The van der Waals surface area contributed by atoms with Gasteiger partial charge in [0.15, 0.2) is 5.82 Å². The van der Waals surface area contributed by atoms with Crippen LogP contribution in [0, 0.1) is 5.82 Å². The van der Waals surface area contributed by atoms with Gasteiger partial charge in [0.25, 0.3) is 5.91 Å². The predicted molar refractivity (Wildman–Crippen MR) is 75.6 cm³/mol. The zero-order valence-corrected chi connectivity index (χ0v) is 11.4. The van der Waals surface area contributed by atoms with Crippen molar-refractivity contribution in [2.24, 2.45) is 0 Å². The highest BCUT2D eigenvalue weighted by Crippen LogP contribution is 2.35. The van der Waals surface area contributed by atoms with Gasteiger partial charge < -0.3 is 4.90 Å². The normalized spacial score (nSPS) is 14.0. The van der Waals surface area contributed by atoms with Crippen LogP contribution in [0.2, 0.25) is 5.02 Å². The number of nitrogens with zero attached hydrogens (tertiary/aromatic N) is 2. The summed E-state index contributed by atoms with van der Waals surface area (Å²) in [5.41, 5.74) is 1.74. The van der Waals surface area contributed by atoms with Crippen LogP contribution in [-0.2, 0) is 6.42 Å². The third-order valence-electron chi connectivity index (χ3n) is 3.42. The minimum atomic E-state index is -0.614. The summed E-state index contributed by atoms with van der Waals surface area (Å²) in [7, 11) is 0. The van der Waals surface area contributed by atoms with Gasteiger partial charge in [0.05, 0.1) is 22.5 Å². The zero-order chi connectivity index (χ0) is 14.1. The van der Waals surface area contributed by atoms with Crippen LogP contribution in [0.15, 0.2) is 36.7 Å². The average molecular weight is 291 g/mol. The van der Waals surface area contributed by atoms with Crippen molar-refractivity contribution in [3.8, 4) is 0 Å². The third-order valence-corrected chi connectivity index (χ3v) is 3.72. The lowest BCUT2D eigenvalue weighted by Gasteiger charge is -2.30. The quantitative estimate of drug-likeness (QED) is 0.806. The number of amides is 1. The highest BCUT2D eigenvalue weighted by atomic mass is 35.5. The van der Waals surface area contributed by atoms with Crippen LogP contribution in [0.3, 0.4) is 0 Å². The highest BCUT2D eigenvalue weighted by molar-refractivity contribution is 6.34. The fourth-order valence-electron chi connectivity index (χ4n) is 2.50. The maximum atomic E-state index is 13.7. The lowest BCUT2D eigenvalue weighted by Crippen LogP contribution is -2.36. The molecule has 2 heterocycles. The molecular formula is C15H12ClFN2O. The Kier molecular flexibility index (Phi) is 3.40. The predicted octanol–water partition coefficient (Wildman–Crippen LogP) is 3.47. The third kappa shape index (κ3) is 2.16. The van der Waals surface area contributed by atoms with E-state index >= 15 is 0 Å². The van der Waals surface area contributed by atoms with E-state index in [0.29, 0.717) is 17.3 Å². The first-order valence-corrected chi connectivity index (χ1v) is 6.75. The Labute approximate surface area is 121 Å². The number of pyridine rings is 1. The van der Waals surface area contributed by atoms with Crippen LogP contribution in [0.5, 0.6) is 0 Å². The highest BCUT2D eigenvalue weighted by Gasteiger charge is 2.27. The number of carbonyl (C=O) groups excluding carboxylic acids is 1. The van der Waals surface area contributed by atoms with Crippen molar-refractivity contribution in [3.63, 3.8) is 0 Å². The molecule has 0 radical (unpaired) electrons. The monoisotopic (exact) mass is 290 g/mol. The Morgan fingerprint density at radius 2 is 2.20 bits per heavy atom. The lowest BCUT2D eigenvalue weighted by atomic mass is 10.0. The summed E-state index contributed by atoms with van der Waals surface area (Å²) in [6.45, 7) is 0.539. The van der Waals surface area contributed by atoms with E-state index in [1.165, 1.54) is 12.3 Å². The smallest absolute Gasteiger partial charge is 0.261 e. The van der Waals surface area contributed by atoms with E-state index in [2.05, 4.69) is 4.98 Å². The number of anilines is 1. The Morgan fingerprint density at radius 1 is 1.35 bits per heavy atom. The van der Waals surface area contributed by atoms with E-state index in [1.807, 2.05) is 12.1 Å². The molecule has 1 amide bonds. The summed E-state index contributed by atoms with van der Waals surface area (Å²) < 4.78 is 13.7. The number of fused-ring (bicyclic) bond motifs is 1. The minimum Gasteiger partial charge on any atom is -0.306 e. The van der Waals surface area contributed by atoms with Gasteiger partial charge in [0.1, 0.15) is 0 Å². The molecule has 0 unspecified atom stereocenters. The van der Waals surface area contributed by atoms with E-state index in [-0.39, 0.29) is 11.5 Å². The molecule has 0 saturated heterocycles. The van der Waals surface area contributed by atoms with Crippen LogP contribution in [0.25, 0.3) is 0 Å². The number of benzene rings is 1. The second kappa shape index (κ2) is 5.21. The van der Waals surface area contributed by atoms with Gasteiger partial charge >= 0.3 is 0 Å². The van der Waals surface area contributed by atoms with Gasteiger partial charge in [-0.05, 0) is 30.5 Å². The lowest BCUT2D eigenvalue weighted by molar-refractivity contribution is 0.0981. The Morgan fingerprint density at radius 3 is 3.00 bits per heavy atom. The van der Waals surface area contributed by atoms with Gasteiger partial charge in [-0.2, -0.15) is 0 Å². The van der Waals surface area contributed by atoms with Crippen LogP contribution >= 0.6 is 11.6 Å². The second-order valence-electron chi connectivity index (χ2n) is 4.66. The number of para-hydroxylation sites is 1. The Bertz CT molecular complexity index is 675. The molecule has 102 valence electrons. The maximum Gasteiger partial charge on any atom is 0.261 e. The van der Waals surface area contributed by atoms with Crippen LogP contribution < -0.4 is 4.90 Å². The first-order chi connectivity index (χ1) is 9.68. The van der Waals surface area contributed by atoms with Crippen molar-refractivity contribution in [3.05, 3.63) is 58.6 Å². The fraction of sp³-hybridized carbons (Fsp3) is 0.200. The molecule has 2 aromatic rings. The summed E-state index contributed by atoms with van der Waals surface area (Å²) in [6.07, 6.45) is 4.17. The number of rotatable bonds is 1. The van der Waals surface area contributed by atoms with Crippen LogP contribution in [-0.4, -0.2) is 17.4 Å². The van der Waals surface area contributed by atoms with Crippen LogP contribution in [0.1, 0.15) is 22.3 Å². The number of halogens is 2. The average Bonchev–Trinajstić information content (AvgIpc) is 2.47. The summed E-state index contributed by atoms with van der Waals surface area (Å²) in [5.74, 6) is -0.990. The molecule has 1 aliphatic heterocycles. The molecule has 5 heteroatoms. The van der Waals surface area contributed by atoms with Gasteiger partial charge in [0, 0.05) is 12.7 Å². The Balaban J connectivity index is 2.05. The van der Waals surface area contributed by atoms with Crippen molar-refractivity contribution in [1.29, 1.82) is 0 Å². The zero-order valence-electron chi connectivity index (χ0n) is 10.6. The van der Waals surface area contributed by atoms with Crippen molar-refractivity contribution < 1.29 is 9.18 Å². The fourth-order valence-corrected chi connectivity index (χ4v) is 2.80. The molecule has 3 rings (SSSR count). The van der Waals surface area contributed by atoms with Crippen LogP contribution in [0.4, 0.5) is 10.1 Å². The van der Waals surface area contributed by atoms with Gasteiger partial charge in [-0.1, -0.05) is 23.7 Å². The molecular weight excluding hydrogens is 279 g/mol. The molecule has 0 aliphatic carbocycles. The summed E-state index contributed by atoms with van der Waals surface area (Å²) in [6, 6.07) is 6.95. The van der Waals surface area contributed by atoms with E-state index in [9.17, 15) is 9.18 Å². The molecule has 1 aliphatic rings. The molecule has 1 aromatic carbocycles. The van der Waals surface area contributed by atoms with E-state index in [0.717, 1.165) is 24.6 Å². The molecule has 0 bridgehead atoms. The van der Waals surface area contributed by atoms with Gasteiger partial charge in [0.2, 0.25) is 0 Å². The molecule has 0 saturated carbocycles. The molecule has 0 N–H and O–H groups in total. The second-order valence-corrected chi connectivity index (χ2v) is 5.07. The topological polar surface area (TPSA) is 33.2 Å². The number of aromatic nitrogens is 1. The molecule has 0 spiro atoms. The van der Waals surface area contributed by atoms with Crippen molar-refractivity contribution >= 4 is 23.2 Å². The summed E-state index contributed by atoms with van der Waals surface area (Å²) >= 11 is 6.21. The van der Waals surface area contributed by atoms with Gasteiger partial charge in [-0.3, -0.25) is 9.78 Å². The summed E-state index contributed by atoms with van der Waals surface area (Å²) in [4.78, 5) is 17.8. The van der Waals surface area contributed by atoms with Crippen molar-refractivity contribution in [1.82, 2.24) is 4.98 Å². The summed E-state index contributed by atoms with van der Waals surface area (Å²) in [5, 5.41) is 0.519. The maximum absolute atomic E-state index is 13.7. The number of aryl methyl sites for hydroxylation is 1. The van der Waals surface area contributed by atoms with Crippen molar-refractivity contribution in [2.45, 2.75) is 12.8 Å². The largest absolute Gasteiger partial charge is 0.306 e. The molecule has 3 nitrogen and oxygen atoms in total. The standard InChI is InChI=1S/C15H12ClFN2O/c16-12-5-1-3-10-4-2-8-19(14(10)12)15(20)11-6-7-18-9-13(11)17/h1,3,5-7,9H,2,4,8H2. The van der Waals surface area contributed by atoms with E-state index in [4.69, 9.17) is 11.6 Å². The number of hydrogen-bond donors (Lipinski definition) is 0. The van der Waals surface area contributed by atoms with Gasteiger partial charge in [-0.25, -0.2) is 4.39 Å². The minimum absolute atomic E-state index is 0.0211. The number of carbonyl (C=O) groups is 1. The van der Waals surface area contributed by atoms with E-state index < -0.39 is 5.82 Å². The SMILES string of the molecule is O=C(c1ccncc1F)N1CCCc2cccc(Cl)c21. The van der Waals surface area contributed by atoms with Crippen molar-refractivity contribution in [2.75, 3.05) is 11.4 Å². The van der Waals surface area contributed by atoms with Gasteiger partial charge in [-0.15, -0.1) is 0 Å². The first-order valence-electron chi connectivity index (χ1n) is 6.37. The molecule has 0 atom stereocenters. The molecule has 1 aromatic heterocycles. The molecule has 0 fully saturated rings.